The number of nitrogens with one attached hydrogen (secondary N) is 1. The molecule has 0 saturated heterocycles. The van der Waals surface area contributed by atoms with Gasteiger partial charge in [0.05, 0.1) is 12.4 Å². The summed E-state index contributed by atoms with van der Waals surface area (Å²) >= 11 is 0. The quantitative estimate of drug-likeness (QED) is 0.847. The Labute approximate surface area is 130 Å². The van der Waals surface area contributed by atoms with Crippen LogP contribution in [0.1, 0.15) is 29.4 Å². The Morgan fingerprint density at radius 2 is 2.00 bits per heavy atom. The Morgan fingerprint density at radius 1 is 1.23 bits per heavy atom. The number of pyridine rings is 1. The smallest absolute Gasteiger partial charge is 0.273 e. The molecule has 2 aromatic rings. The third-order valence-electron chi connectivity index (χ3n) is 3.26. The number of anilines is 1. The fourth-order valence-electron chi connectivity index (χ4n) is 1.93. The van der Waals surface area contributed by atoms with E-state index < -0.39 is 0 Å². The molecule has 0 aliphatic carbocycles. The molecule has 0 aliphatic rings. The molecule has 22 heavy (non-hydrogen) atoms. The van der Waals surface area contributed by atoms with Gasteiger partial charge in [-0.25, -0.2) is 9.97 Å². The van der Waals surface area contributed by atoms with E-state index in [1.807, 2.05) is 12.1 Å². The van der Waals surface area contributed by atoms with Crippen molar-refractivity contribution < 1.29 is 4.79 Å². The van der Waals surface area contributed by atoms with Crippen LogP contribution in [0.5, 0.6) is 0 Å². The van der Waals surface area contributed by atoms with E-state index in [9.17, 15) is 4.79 Å². The van der Waals surface area contributed by atoms with Crippen LogP contribution in [0.2, 0.25) is 0 Å². The second-order valence-corrected chi connectivity index (χ2v) is 5.05. The van der Waals surface area contributed by atoms with Gasteiger partial charge in [-0.1, -0.05) is 6.92 Å². The van der Waals surface area contributed by atoms with Gasteiger partial charge >= 0.3 is 0 Å². The van der Waals surface area contributed by atoms with Gasteiger partial charge in [-0.05, 0) is 30.5 Å². The summed E-state index contributed by atoms with van der Waals surface area (Å²) in [5.74, 6) is 0.571. The largest absolute Gasteiger partial charge is 0.369 e. The molecule has 2 rings (SSSR count). The minimum Gasteiger partial charge on any atom is -0.369 e. The first kappa shape index (κ1) is 15.9. The van der Waals surface area contributed by atoms with E-state index in [4.69, 9.17) is 0 Å². The van der Waals surface area contributed by atoms with Crippen LogP contribution < -0.4 is 5.32 Å². The van der Waals surface area contributed by atoms with Crippen molar-refractivity contribution >= 4 is 11.7 Å². The zero-order chi connectivity index (χ0) is 15.8. The van der Waals surface area contributed by atoms with Gasteiger partial charge in [0.1, 0.15) is 11.5 Å². The number of hydrogen-bond donors (Lipinski definition) is 1. The summed E-state index contributed by atoms with van der Waals surface area (Å²) in [6.07, 6.45) is 8.42. The Morgan fingerprint density at radius 3 is 2.64 bits per heavy atom. The summed E-state index contributed by atoms with van der Waals surface area (Å²) in [4.78, 5) is 26.3. The van der Waals surface area contributed by atoms with Gasteiger partial charge in [-0.3, -0.25) is 9.78 Å². The van der Waals surface area contributed by atoms with E-state index in [2.05, 4.69) is 27.2 Å². The van der Waals surface area contributed by atoms with Gasteiger partial charge in [0.25, 0.3) is 5.91 Å². The van der Waals surface area contributed by atoms with Gasteiger partial charge in [-0.15, -0.1) is 0 Å². The molecule has 0 atom stereocenters. The monoisotopic (exact) mass is 299 g/mol. The van der Waals surface area contributed by atoms with Gasteiger partial charge in [-0.2, -0.15) is 0 Å². The van der Waals surface area contributed by atoms with Crippen LogP contribution in [-0.4, -0.2) is 45.9 Å². The maximum absolute atomic E-state index is 12.3. The van der Waals surface area contributed by atoms with E-state index in [0.29, 0.717) is 18.1 Å². The highest BCUT2D eigenvalue weighted by Crippen LogP contribution is 2.05. The van der Waals surface area contributed by atoms with Crippen LogP contribution in [0, 0.1) is 0 Å². The molecule has 0 bridgehead atoms. The third-order valence-corrected chi connectivity index (χ3v) is 3.26. The predicted octanol–water partition coefficient (Wildman–Crippen LogP) is 2.01. The van der Waals surface area contributed by atoms with Crippen LogP contribution in [0.15, 0.2) is 36.9 Å². The first-order chi connectivity index (χ1) is 10.7. The van der Waals surface area contributed by atoms with Crippen LogP contribution in [0.4, 0.5) is 5.82 Å². The molecule has 0 aliphatic heterocycles. The van der Waals surface area contributed by atoms with E-state index in [0.717, 1.165) is 24.9 Å². The highest BCUT2D eigenvalue weighted by Gasteiger charge is 2.13. The minimum atomic E-state index is -0.122. The number of carbonyl (C=O) groups is 1. The van der Waals surface area contributed by atoms with Crippen molar-refractivity contribution in [3.8, 4) is 0 Å². The summed E-state index contributed by atoms with van der Waals surface area (Å²) in [7, 11) is 1.77. The zero-order valence-electron chi connectivity index (χ0n) is 13.0. The van der Waals surface area contributed by atoms with Gasteiger partial charge < -0.3 is 10.2 Å². The van der Waals surface area contributed by atoms with E-state index >= 15 is 0 Å². The van der Waals surface area contributed by atoms with Gasteiger partial charge in [0.2, 0.25) is 0 Å². The Hall–Kier alpha value is -2.50. The fraction of sp³-hybridized carbons (Fsp3) is 0.375. The maximum Gasteiger partial charge on any atom is 0.273 e. The van der Waals surface area contributed by atoms with Crippen molar-refractivity contribution in [3.05, 3.63) is 48.2 Å². The lowest BCUT2D eigenvalue weighted by Crippen LogP contribution is -2.29. The molecule has 2 aromatic heterocycles. The second kappa shape index (κ2) is 8.07. The van der Waals surface area contributed by atoms with Crippen molar-refractivity contribution in [3.63, 3.8) is 0 Å². The van der Waals surface area contributed by atoms with Crippen molar-refractivity contribution in [2.75, 3.05) is 25.5 Å². The molecule has 0 fully saturated rings. The number of likely N-dealkylation sites (N-methyl/N-ethyl adjacent to an activating group) is 1. The van der Waals surface area contributed by atoms with E-state index in [1.54, 1.807) is 30.5 Å². The van der Waals surface area contributed by atoms with E-state index in [-0.39, 0.29) is 5.91 Å². The predicted molar refractivity (Wildman–Crippen MR) is 85.7 cm³/mol. The van der Waals surface area contributed by atoms with Crippen molar-refractivity contribution in [1.82, 2.24) is 19.9 Å². The maximum atomic E-state index is 12.3. The highest BCUT2D eigenvalue weighted by molar-refractivity contribution is 5.91. The molecule has 0 unspecified atom stereocenters. The lowest BCUT2D eigenvalue weighted by Gasteiger charge is -2.16. The number of amides is 1. The average molecular weight is 299 g/mol. The summed E-state index contributed by atoms with van der Waals surface area (Å²) in [6, 6.07) is 3.90. The number of rotatable bonds is 7. The first-order valence-electron chi connectivity index (χ1n) is 7.41. The standard InChI is InChI=1S/C16H21N5O/c1-3-7-18-15-12-19-14(11-20-15)16(22)21(2)10-6-13-4-8-17-9-5-13/h4-5,8-9,11-12H,3,6-7,10H2,1-2H3,(H,18,20). The summed E-state index contributed by atoms with van der Waals surface area (Å²) in [5.41, 5.74) is 1.51. The summed E-state index contributed by atoms with van der Waals surface area (Å²) < 4.78 is 0. The highest BCUT2D eigenvalue weighted by atomic mass is 16.2. The van der Waals surface area contributed by atoms with Gasteiger partial charge in [0, 0.05) is 32.5 Å². The van der Waals surface area contributed by atoms with Crippen LogP contribution >= 0.6 is 0 Å². The molecule has 116 valence electrons. The molecule has 1 N–H and O–H groups in total. The Balaban J connectivity index is 1.89. The Bertz CT molecular complexity index is 585. The molecule has 0 aromatic carbocycles. The van der Waals surface area contributed by atoms with E-state index in [1.165, 1.54) is 6.20 Å². The first-order valence-corrected chi connectivity index (χ1v) is 7.41. The molecule has 6 heteroatoms. The topological polar surface area (TPSA) is 71.0 Å². The third kappa shape index (κ3) is 4.51. The number of carbonyl (C=O) groups excluding carboxylic acids is 1. The average Bonchev–Trinajstić information content (AvgIpc) is 2.58. The van der Waals surface area contributed by atoms with Crippen molar-refractivity contribution in [1.29, 1.82) is 0 Å². The molecule has 1 amide bonds. The normalized spacial score (nSPS) is 10.3. The number of aromatic nitrogens is 3. The summed E-state index contributed by atoms with van der Waals surface area (Å²) in [5, 5.41) is 3.13. The molecular weight excluding hydrogens is 278 g/mol. The summed E-state index contributed by atoms with van der Waals surface area (Å²) in [6.45, 7) is 3.55. The SMILES string of the molecule is CCCNc1cnc(C(=O)N(C)CCc2ccncc2)cn1. The second-order valence-electron chi connectivity index (χ2n) is 5.05. The molecule has 0 saturated carbocycles. The molecule has 2 heterocycles. The van der Waals surface area contributed by atoms with Crippen molar-refractivity contribution in [2.45, 2.75) is 19.8 Å². The fourth-order valence-corrected chi connectivity index (χ4v) is 1.93. The number of nitrogens with zero attached hydrogens (tertiary/aromatic N) is 4. The zero-order valence-corrected chi connectivity index (χ0v) is 13.0. The van der Waals surface area contributed by atoms with Crippen LogP contribution in [0.3, 0.4) is 0 Å². The lowest BCUT2D eigenvalue weighted by molar-refractivity contribution is 0.0790. The number of hydrogen-bond acceptors (Lipinski definition) is 5. The minimum absolute atomic E-state index is 0.122. The Kier molecular flexibility index (Phi) is 5.82. The lowest BCUT2D eigenvalue weighted by atomic mass is 10.2. The van der Waals surface area contributed by atoms with Crippen LogP contribution in [0.25, 0.3) is 0 Å². The molecular formula is C16H21N5O. The molecule has 6 nitrogen and oxygen atoms in total. The van der Waals surface area contributed by atoms with Crippen LogP contribution in [-0.2, 0) is 6.42 Å². The van der Waals surface area contributed by atoms with Crippen molar-refractivity contribution in [2.24, 2.45) is 0 Å². The molecule has 0 spiro atoms. The molecule has 0 radical (unpaired) electrons. The van der Waals surface area contributed by atoms with Gasteiger partial charge in [0.15, 0.2) is 0 Å².